The molecule has 6 amide bonds. The van der Waals surface area contributed by atoms with E-state index in [0.717, 1.165) is 12.8 Å². The number of piperidine rings is 1. The van der Waals surface area contributed by atoms with E-state index in [9.17, 15) is 33.6 Å². The third-order valence-corrected chi connectivity index (χ3v) is 10.0. The number of nitrogens with one attached hydrogen (secondary N) is 4. The van der Waals surface area contributed by atoms with Gasteiger partial charge < -0.3 is 35.8 Å². The minimum absolute atomic E-state index is 0.0463. The van der Waals surface area contributed by atoms with Crippen molar-refractivity contribution in [2.24, 2.45) is 29.1 Å². The molecule has 2 aliphatic carbocycles. The van der Waals surface area contributed by atoms with Gasteiger partial charge in [0, 0.05) is 20.6 Å². The van der Waals surface area contributed by atoms with Gasteiger partial charge >= 0.3 is 6.09 Å². The zero-order chi connectivity index (χ0) is 38.0. The first-order valence-corrected chi connectivity index (χ1v) is 17.7. The van der Waals surface area contributed by atoms with Crippen molar-refractivity contribution in [1.82, 2.24) is 31.1 Å². The van der Waals surface area contributed by atoms with E-state index in [4.69, 9.17) is 4.74 Å². The molecule has 2 saturated carbocycles. The van der Waals surface area contributed by atoms with Gasteiger partial charge in [-0.25, -0.2) is 4.79 Å². The molecule has 6 atom stereocenters. The molecule has 0 spiro atoms. The van der Waals surface area contributed by atoms with Crippen LogP contribution < -0.4 is 21.3 Å². The van der Waals surface area contributed by atoms with Crippen LogP contribution in [0.2, 0.25) is 0 Å². The lowest BCUT2D eigenvalue weighted by Crippen LogP contribution is -2.59. The van der Waals surface area contributed by atoms with Gasteiger partial charge in [0.05, 0.1) is 12.6 Å². The molecule has 3 fully saturated rings. The van der Waals surface area contributed by atoms with Gasteiger partial charge in [0.2, 0.25) is 29.4 Å². The van der Waals surface area contributed by atoms with Crippen molar-refractivity contribution in [2.75, 3.05) is 27.2 Å². The number of alkyl carbamates (subject to hydrolysis) is 1. The first-order valence-electron chi connectivity index (χ1n) is 17.7. The second-order valence-corrected chi connectivity index (χ2v) is 16.2. The highest BCUT2D eigenvalue weighted by atomic mass is 16.6. The summed E-state index contributed by atoms with van der Waals surface area (Å²) < 4.78 is 5.39. The Labute approximate surface area is 300 Å². The Balaban J connectivity index is 1.44. The molecule has 1 heterocycles. The van der Waals surface area contributed by atoms with Crippen molar-refractivity contribution in [3.63, 3.8) is 0 Å². The Hall–Kier alpha value is -4.49. The molecular weight excluding hydrogens is 656 g/mol. The van der Waals surface area contributed by atoms with E-state index < -0.39 is 71.8 Å². The lowest BCUT2D eigenvalue weighted by molar-refractivity contribution is -0.144. The molecule has 4 N–H and O–H groups in total. The van der Waals surface area contributed by atoms with Crippen molar-refractivity contribution in [3.8, 4) is 0 Å². The summed E-state index contributed by atoms with van der Waals surface area (Å²) in [5.41, 5.74) is -0.442. The van der Waals surface area contributed by atoms with E-state index in [2.05, 4.69) is 21.3 Å². The van der Waals surface area contributed by atoms with Gasteiger partial charge in [0.1, 0.15) is 23.7 Å². The predicted octanol–water partition coefficient (Wildman–Crippen LogP) is 1.93. The highest BCUT2D eigenvalue weighted by molar-refractivity contribution is 6.38. The molecule has 280 valence electrons. The molecule has 14 heteroatoms. The van der Waals surface area contributed by atoms with Gasteiger partial charge in [-0.05, 0) is 61.8 Å². The third-order valence-electron chi connectivity index (χ3n) is 10.0. The average molecular weight is 711 g/mol. The van der Waals surface area contributed by atoms with Crippen LogP contribution in [-0.4, -0.2) is 102 Å². The second kappa shape index (κ2) is 15.4. The summed E-state index contributed by atoms with van der Waals surface area (Å²) in [4.78, 5) is 95.8. The third kappa shape index (κ3) is 9.65. The minimum atomic E-state index is -1.17. The molecular formula is C37H54N6O8. The molecule has 4 rings (SSSR count). The largest absolute Gasteiger partial charge is 0.444 e. The van der Waals surface area contributed by atoms with Crippen molar-refractivity contribution in [1.29, 1.82) is 0 Å². The number of ether oxygens (including phenoxy) is 1. The maximum atomic E-state index is 14.1. The smallest absolute Gasteiger partial charge is 0.408 e. The highest BCUT2D eigenvalue weighted by Gasteiger charge is 2.69. The molecule has 3 aliphatic rings. The molecule has 1 aliphatic heterocycles. The summed E-state index contributed by atoms with van der Waals surface area (Å²) in [6, 6.07) is 4.63. The zero-order valence-corrected chi connectivity index (χ0v) is 31.2. The standard InChI is InChI=1S/C37H54N6O8/c1-20(2)27(41-35(50)51-36(3,4)5)34(49)43-19-23-26(37(23,6)7)29(43)31(46)39-24(17-21-15-16-21)30(45)32(47)38-18-25(44)40-28(33(48)42(8)9)22-13-11-10-12-14-22/h10-14,20-21,23-24,26-29H,15-19H2,1-9H3,(H,38,47)(H,39,46)(H,40,44)(H,41,50)/t23-,24?,26-,27-,28-,29-/m0/s1. The van der Waals surface area contributed by atoms with Crippen LogP contribution in [0.4, 0.5) is 4.79 Å². The van der Waals surface area contributed by atoms with Crippen LogP contribution in [-0.2, 0) is 33.5 Å². The van der Waals surface area contributed by atoms with E-state index >= 15 is 0 Å². The molecule has 14 nitrogen and oxygen atoms in total. The van der Waals surface area contributed by atoms with Crippen LogP contribution >= 0.6 is 0 Å². The Kier molecular flexibility index (Phi) is 11.9. The van der Waals surface area contributed by atoms with Gasteiger partial charge in [0.25, 0.3) is 5.91 Å². The highest BCUT2D eigenvalue weighted by Crippen LogP contribution is 2.65. The number of benzene rings is 1. The fourth-order valence-corrected chi connectivity index (χ4v) is 6.92. The summed E-state index contributed by atoms with van der Waals surface area (Å²) in [7, 11) is 3.13. The van der Waals surface area contributed by atoms with Crippen molar-refractivity contribution in [2.45, 2.75) is 97.5 Å². The lowest BCUT2D eigenvalue weighted by atomic mass is 9.96. The minimum Gasteiger partial charge on any atom is -0.444 e. The van der Waals surface area contributed by atoms with Crippen LogP contribution in [0.1, 0.15) is 79.3 Å². The van der Waals surface area contributed by atoms with Gasteiger partial charge in [-0.15, -0.1) is 0 Å². The first kappa shape index (κ1) is 39.3. The number of hydrogen-bond acceptors (Lipinski definition) is 8. The number of carbonyl (C=O) groups is 7. The van der Waals surface area contributed by atoms with Crippen LogP contribution in [0, 0.1) is 29.1 Å². The van der Waals surface area contributed by atoms with E-state index in [1.54, 1.807) is 79.0 Å². The number of hydrogen-bond donors (Lipinski definition) is 4. The monoisotopic (exact) mass is 710 g/mol. The number of rotatable bonds is 14. The molecule has 1 aromatic rings. The number of nitrogens with zero attached hydrogens (tertiary/aromatic N) is 2. The molecule has 0 bridgehead atoms. The summed E-state index contributed by atoms with van der Waals surface area (Å²) in [5.74, 6) is -4.25. The van der Waals surface area contributed by atoms with Crippen LogP contribution in [0.3, 0.4) is 0 Å². The van der Waals surface area contributed by atoms with Crippen molar-refractivity contribution in [3.05, 3.63) is 35.9 Å². The van der Waals surface area contributed by atoms with E-state index in [-0.39, 0.29) is 41.4 Å². The summed E-state index contributed by atoms with van der Waals surface area (Å²) in [6.45, 7) is 12.6. The second-order valence-electron chi connectivity index (χ2n) is 16.2. The van der Waals surface area contributed by atoms with Crippen molar-refractivity contribution >= 4 is 41.4 Å². The van der Waals surface area contributed by atoms with Gasteiger partial charge in [0.15, 0.2) is 0 Å². The number of amides is 6. The quantitative estimate of drug-likeness (QED) is 0.211. The zero-order valence-electron chi connectivity index (χ0n) is 31.2. The Morgan fingerprint density at radius 2 is 1.59 bits per heavy atom. The van der Waals surface area contributed by atoms with E-state index in [1.165, 1.54) is 9.80 Å². The predicted molar refractivity (Wildman–Crippen MR) is 188 cm³/mol. The summed E-state index contributed by atoms with van der Waals surface area (Å²) in [6.07, 6.45) is 1.20. The number of likely N-dealkylation sites (tertiary alicyclic amines) is 1. The summed E-state index contributed by atoms with van der Waals surface area (Å²) >= 11 is 0. The Morgan fingerprint density at radius 3 is 2.14 bits per heavy atom. The fraction of sp³-hybridized carbons (Fsp3) is 0.649. The Morgan fingerprint density at radius 1 is 0.961 bits per heavy atom. The molecule has 0 aromatic heterocycles. The maximum Gasteiger partial charge on any atom is 0.408 e. The number of Topliss-reactive ketones (excluding diaryl/α,β-unsaturated/α-hetero) is 1. The number of ketones is 1. The summed E-state index contributed by atoms with van der Waals surface area (Å²) in [5, 5.41) is 10.4. The van der Waals surface area contributed by atoms with E-state index in [0.29, 0.717) is 12.1 Å². The molecule has 1 aromatic carbocycles. The normalized spacial score (nSPS) is 22.1. The van der Waals surface area contributed by atoms with Crippen LogP contribution in [0.5, 0.6) is 0 Å². The number of fused-ring (bicyclic) bond motifs is 1. The van der Waals surface area contributed by atoms with Crippen LogP contribution in [0.15, 0.2) is 30.3 Å². The van der Waals surface area contributed by atoms with Crippen LogP contribution in [0.25, 0.3) is 0 Å². The number of likely N-dealkylation sites (N-methyl/N-ethyl adjacent to an activating group) is 1. The topological polar surface area (TPSA) is 183 Å². The Bertz CT molecular complexity index is 1520. The van der Waals surface area contributed by atoms with Gasteiger partial charge in [-0.2, -0.15) is 0 Å². The average Bonchev–Trinajstić information content (AvgIpc) is 3.90. The van der Waals surface area contributed by atoms with Gasteiger partial charge in [-0.3, -0.25) is 28.8 Å². The number of carbonyl (C=O) groups excluding carboxylic acids is 7. The fourth-order valence-electron chi connectivity index (χ4n) is 6.92. The molecule has 1 unspecified atom stereocenters. The first-order chi connectivity index (χ1) is 23.7. The maximum absolute atomic E-state index is 14.1. The van der Waals surface area contributed by atoms with E-state index in [1.807, 2.05) is 13.8 Å². The SMILES string of the molecule is CC(C)[C@H](NC(=O)OC(C)(C)C)C(=O)N1C[C@H]2[C@@H]([C@H]1C(=O)NC(CC1CC1)C(=O)C(=O)NCC(=O)N[C@H](C(=O)N(C)C)c1ccccc1)C2(C)C. The molecule has 51 heavy (non-hydrogen) atoms. The van der Waals surface area contributed by atoms with Crippen molar-refractivity contribution < 1.29 is 38.3 Å². The molecule has 0 radical (unpaired) electrons. The molecule has 1 saturated heterocycles. The van der Waals surface area contributed by atoms with Gasteiger partial charge in [-0.1, -0.05) is 70.9 Å². The lowest BCUT2D eigenvalue weighted by Gasteiger charge is -2.35.